The lowest BCUT2D eigenvalue weighted by atomic mass is 10.1. The van der Waals surface area contributed by atoms with E-state index in [1.54, 1.807) is 54.6 Å². The van der Waals surface area contributed by atoms with Crippen LogP contribution in [-0.2, 0) is 33.6 Å². The Kier molecular flexibility index (Phi) is 10.00. The van der Waals surface area contributed by atoms with Crippen LogP contribution in [0.2, 0.25) is 0 Å². The Morgan fingerprint density at radius 2 is 1.76 bits per heavy atom. The van der Waals surface area contributed by atoms with E-state index in [-0.39, 0.29) is 0 Å². The molecule has 4 rings (SSSR count). The maximum atomic E-state index is 12.5. The molecule has 3 aromatic rings. The summed E-state index contributed by atoms with van der Waals surface area (Å²) in [7, 11) is -9.87. The molecule has 0 bridgehead atoms. The van der Waals surface area contributed by atoms with Crippen LogP contribution in [0.1, 0.15) is 11.8 Å². The molecule has 18 heteroatoms. The third kappa shape index (κ3) is 8.44. The number of aliphatic hydroxyl groups is 1. The number of nitrogens with zero attached hydrogens (tertiary/aromatic N) is 1. The van der Waals surface area contributed by atoms with Gasteiger partial charge in [0.2, 0.25) is 0 Å². The zero-order chi connectivity index (χ0) is 29.8. The minimum atomic E-state index is -5.19. The van der Waals surface area contributed by atoms with Crippen LogP contribution in [-0.4, -0.2) is 55.5 Å². The molecule has 2 aromatic carbocycles. The van der Waals surface area contributed by atoms with Crippen molar-refractivity contribution in [2.75, 3.05) is 11.9 Å². The molecule has 0 saturated carbocycles. The Morgan fingerprint density at radius 1 is 1.07 bits per heavy atom. The average molecular weight is 723 g/mol. The molecule has 15 nitrogen and oxygen atoms in total. The molecule has 1 aromatic heterocycles. The van der Waals surface area contributed by atoms with Gasteiger partial charge in [0.25, 0.3) is 5.56 Å². The van der Waals surface area contributed by atoms with Gasteiger partial charge >= 0.3 is 27.2 Å². The van der Waals surface area contributed by atoms with E-state index in [4.69, 9.17) is 14.0 Å². The highest BCUT2D eigenvalue weighted by Crippen LogP contribution is 2.61. The van der Waals surface area contributed by atoms with Gasteiger partial charge in [-0.05, 0) is 46.4 Å². The third-order valence-electron chi connectivity index (χ3n) is 5.66. The molecular formula is C23H24IN3O12P2. The first-order chi connectivity index (χ1) is 19.3. The molecule has 1 fully saturated rings. The van der Waals surface area contributed by atoms with Crippen LogP contribution in [0.15, 0.2) is 76.4 Å². The van der Waals surface area contributed by atoms with Crippen molar-refractivity contribution < 1.29 is 47.1 Å². The predicted molar refractivity (Wildman–Crippen MR) is 151 cm³/mol. The van der Waals surface area contributed by atoms with Gasteiger partial charge in [-0.3, -0.25) is 28.8 Å². The third-order valence-corrected chi connectivity index (χ3v) is 9.78. The molecule has 41 heavy (non-hydrogen) atoms. The first-order valence-corrected chi connectivity index (χ1v) is 16.1. The van der Waals surface area contributed by atoms with Gasteiger partial charge in [-0.15, -0.1) is 0 Å². The molecule has 0 radical (unpaired) electrons. The summed E-state index contributed by atoms with van der Waals surface area (Å²) in [6, 6.07) is 15.7. The molecule has 1 aliphatic rings. The first-order valence-electron chi connectivity index (χ1n) is 11.8. The second-order valence-corrected chi connectivity index (χ2v) is 13.3. The summed E-state index contributed by atoms with van der Waals surface area (Å²) in [5.41, 5.74) is -0.917. The van der Waals surface area contributed by atoms with E-state index >= 15 is 0 Å². The van der Waals surface area contributed by atoms with Gasteiger partial charge in [0.15, 0.2) is 12.3 Å². The van der Waals surface area contributed by atoms with Crippen molar-refractivity contribution in [3.8, 4) is 0 Å². The van der Waals surface area contributed by atoms with Crippen LogP contribution in [0.5, 0.6) is 0 Å². The first kappa shape index (κ1) is 31.3. The highest BCUT2D eigenvalue weighted by atomic mass is 127. The quantitative estimate of drug-likeness (QED) is 0.151. The van der Waals surface area contributed by atoms with Gasteiger partial charge in [-0.2, -0.15) is 0 Å². The number of aromatic amines is 1. The number of carbonyl (C=O) groups excluding carboxylic acids is 1. The molecule has 220 valence electrons. The molecule has 2 heterocycles. The Bertz CT molecular complexity index is 1600. The van der Waals surface area contributed by atoms with Gasteiger partial charge in [0.1, 0.15) is 12.2 Å². The molecule has 6 unspecified atom stereocenters. The lowest BCUT2D eigenvalue weighted by Crippen LogP contribution is -2.41. The molecular weight excluding hydrogens is 699 g/mol. The van der Waals surface area contributed by atoms with Crippen molar-refractivity contribution in [2.24, 2.45) is 0 Å². The standard InChI is InChI=1S/C23H24IN3O12P2/c24-16-9-5-4-6-14(16)13-40(32,33)39-41(34,35)36-12-17-19(29)20(38-23(31)25-15-7-2-1-3-8-15)21(37-17)27-11-10-18(28)26-22(27)30/h1-11,17,19-21,29H,12-13H2,(H,25,31)(H,32,33)(H,34,35)(H,26,28,30). The summed E-state index contributed by atoms with van der Waals surface area (Å²) in [6.45, 7) is -0.882. The van der Waals surface area contributed by atoms with Crippen LogP contribution in [0, 0.1) is 3.57 Å². The van der Waals surface area contributed by atoms with Crippen molar-refractivity contribution in [3.05, 3.63) is 96.8 Å². The number of para-hydroxylation sites is 1. The van der Waals surface area contributed by atoms with E-state index in [0.29, 0.717) is 14.8 Å². The number of halogens is 1. The smallest absolute Gasteiger partial charge is 0.438 e. The molecule has 0 spiro atoms. The zero-order valence-corrected chi connectivity index (χ0v) is 24.8. The highest BCUT2D eigenvalue weighted by Gasteiger charge is 2.49. The number of H-pyrrole nitrogens is 1. The van der Waals surface area contributed by atoms with E-state index in [0.717, 1.165) is 16.8 Å². The maximum absolute atomic E-state index is 12.5. The van der Waals surface area contributed by atoms with Crippen molar-refractivity contribution in [3.63, 3.8) is 0 Å². The van der Waals surface area contributed by atoms with Gasteiger partial charge < -0.3 is 24.4 Å². The number of nitrogens with one attached hydrogen (secondary N) is 2. The fourth-order valence-corrected chi connectivity index (χ4v) is 7.48. The van der Waals surface area contributed by atoms with Crippen molar-refractivity contribution in [2.45, 2.75) is 30.7 Å². The van der Waals surface area contributed by atoms with E-state index in [2.05, 4.69) is 9.63 Å². The average Bonchev–Trinajstić information content (AvgIpc) is 3.18. The number of aliphatic hydroxyl groups excluding tert-OH is 1. The fourth-order valence-electron chi connectivity index (χ4n) is 3.85. The monoisotopic (exact) mass is 723 g/mol. The molecule has 5 N–H and O–H groups in total. The van der Waals surface area contributed by atoms with Crippen LogP contribution in [0.4, 0.5) is 10.5 Å². The Labute approximate surface area is 245 Å². The van der Waals surface area contributed by atoms with E-state index in [1.807, 2.05) is 27.6 Å². The number of hydrogen-bond donors (Lipinski definition) is 5. The van der Waals surface area contributed by atoms with Crippen LogP contribution < -0.4 is 16.6 Å². The number of hydrogen-bond acceptors (Lipinski definition) is 10. The maximum Gasteiger partial charge on any atom is 0.479 e. The zero-order valence-electron chi connectivity index (χ0n) is 20.8. The number of benzene rings is 2. The van der Waals surface area contributed by atoms with Crippen molar-refractivity contribution >= 4 is 49.8 Å². The Balaban J connectivity index is 1.47. The SMILES string of the molecule is O=C(Nc1ccccc1)OC1C(O)C(COP(=O)(O)OP(=O)(O)Cc2ccccc2I)OC1n1ccc(=O)[nH]c1=O. The fraction of sp³-hybridized carbons (Fsp3) is 0.261. The summed E-state index contributed by atoms with van der Waals surface area (Å²) in [5, 5.41) is 13.3. The summed E-state index contributed by atoms with van der Waals surface area (Å²) < 4.78 is 46.9. The lowest BCUT2D eigenvalue weighted by Gasteiger charge is -2.22. The van der Waals surface area contributed by atoms with E-state index in [1.165, 1.54) is 0 Å². The van der Waals surface area contributed by atoms with Gasteiger partial charge in [0, 0.05) is 21.5 Å². The summed E-state index contributed by atoms with van der Waals surface area (Å²) in [4.78, 5) is 58.8. The second kappa shape index (κ2) is 13.1. The number of carbonyl (C=O) groups is 1. The van der Waals surface area contributed by atoms with Crippen molar-refractivity contribution in [1.82, 2.24) is 9.55 Å². The topological polar surface area (TPSA) is 216 Å². The number of rotatable bonds is 10. The Morgan fingerprint density at radius 3 is 2.44 bits per heavy atom. The number of anilines is 1. The minimum absolute atomic E-state index is 0.362. The number of aromatic nitrogens is 2. The van der Waals surface area contributed by atoms with Gasteiger partial charge in [-0.1, -0.05) is 36.4 Å². The van der Waals surface area contributed by atoms with Gasteiger partial charge in [0.05, 0.1) is 12.8 Å². The van der Waals surface area contributed by atoms with E-state index < -0.39 is 70.1 Å². The number of phosphoric ester groups is 1. The summed E-state index contributed by atoms with van der Waals surface area (Å²) in [5.74, 6) is 0. The molecule has 6 atom stereocenters. The van der Waals surface area contributed by atoms with Gasteiger partial charge in [-0.25, -0.2) is 18.5 Å². The highest BCUT2D eigenvalue weighted by molar-refractivity contribution is 14.1. The van der Waals surface area contributed by atoms with Crippen LogP contribution >= 0.6 is 38.0 Å². The van der Waals surface area contributed by atoms with E-state index in [9.17, 15) is 38.4 Å². The number of ether oxygens (including phenoxy) is 2. The minimum Gasteiger partial charge on any atom is -0.438 e. The molecule has 1 saturated heterocycles. The summed E-state index contributed by atoms with van der Waals surface area (Å²) in [6.07, 6.45) is -6.86. The molecule has 1 aliphatic heterocycles. The molecule has 1 amide bonds. The lowest BCUT2D eigenvalue weighted by molar-refractivity contribution is -0.0550. The second-order valence-electron chi connectivity index (χ2n) is 8.67. The normalized spacial score (nSPS) is 23.3. The number of phosphoric acid groups is 1. The number of amides is 1. The largest absolute Gasteiger partial charge is 0.479 e. The summed E-state index contributed by atoms with van der Waals surface area (Å²) >= 11 is 1.93. The van der Waals surface area contributed by atoms with Crippen LogP contribution in [0.3, 0.4) is 0 Å². The predicted octanol–water partition coefficient (Wildman–Crippen LogP) is 2.54. The van der Waals surface area contributed by atoms with Crippen molar-refractivity contribution in [1.29, 1.82) is 0 Å². The molecule has 0 aliphatic carbocycles. The Hall–Kier alpha value is -2.66. The van der Waals surface area contributed by atoms with Crippen LogP contribution in [0.25, 0.3) is 0 Å².